The van der Waals surface area contributed by atoms with Crippen molar-refractivity contribution in [1.29, 1.82) is 0 Å². The van der Waals surface area contributed by atoms with E-state index in [9.17, 15) is 9.59 Å². The Morgan fingerprint density at radius 2 is 2.29 bits per heavy atom. The zero-order chi connectivity index (χ0) is 15.2. The second-order valence-corrected chi connectivity index (χ2v) is 5.28. The normalized spacial score (nSPS) is 16.1. The van der Waals surface area contributed by atoms with Gasteiger partial charge in [0.15, 0.2) is 5.69 Å². The van der Waals surface area contributed by atoms with Crippen molar-refractivity contribution < 1.29 is 9.59 Å². The highest BCUT2D eigenvalue weighted by molar-refractivity contribution is 5.92. The maximum absolute atomic E-state index is 11.9. The van der Waals surface area contributed by atoms with Crippen LogP contribution in [0.3, 0.4) is 0 Å². The Labute approximate surface area is 123 Å². The molecule has 1 aromatic rings. The van der Waals surface area contributed by atoms with Crippen LogP contribution in [-0.4, -0.2) is 52.5 Å². The fourth-order valence-corrected chi connectivity index (χ4v) is 1.85. The van der Waals surface area contributed by atoms with Gasteiger partial charge in [0.05, 0.1) is 12.2 Å². The largest absolute Gasteiger partial charge is 0.354 e. The van der Waals surface area contributed by atoms with Gasteiger partial charge in [-0.05, 0) is 13.3 Å². The summed E-state index contributed by atoms with van der Waals surface area (Å²) in [6, 6.07) is 0.435. The number of carbonyl (C=O) groups excluding carboxylic acids is 2. The minimum absolute atomic E-state index is 0.0613. The van der Waals surface area contributed by atoms with Crippen molar-refractivity contribution in [2.24, 2.45) is 0 Å². The van der Waals surface area contributed by atoms with Crippen LogP contribution in [0.2, 0.25) is 0 Å². The van der Waals surface area contributed by atoms with E-state index in [0.29, 0.717) is 6.54 Å². The standard InChI is InChI=1S/C13H22N6O2/c1-3-9(2)16-12(20)4-5-15-13(21)11-8-19(18-17-11)10-6-14-7-10/h8-10,14H,3-7H2,1-2H3,(H,15,21)(H,16,20). The topological polar surface area (TPSA) is 101 Å². The molecule has 21 heavy (non-hydrogen) atoms. The minimum Gasteiger partial charge on any atom is -0.354 e. The third kappa shape index (κ3) is 4.25. The van der Waals surface area contributed by atoms with Crippen molar-refractivity contribution >= 4 is 11.8 Å². The Hall–Kier alpha value is -1.96. The molecular formula is C13H22N6O2. The van der Waals surface area contributed by atoms with E-state index >= 15 is 0 Å². The van der Waals surface area contributed by atoms with Gasteiger partial charge in [-0.3, -0.25) is 9.59 Å². The maximum Gasteiger partial charge on any atom is 0.273 e. The van der Waals surface area contributed by atoms with Gasteiger partial charge < -0.3 is 16.0 Å². The number of hydrogen-bond donors (Lipinski definition) is 3. The minimum atomic E-state index is -0.301. The molecule has 1 fully saturated rings. The quantitative estimate of drug-likeness (QED) is 0.627. The molecule has 2 heterocycles. The van der Waals surface area contributed by atoms with Crippen LogP contribution in [0, 0.1) is 0 Å². The Kier molecular flexibility index (Phi) is 5.26. The molecule has 0 aromatic carbocycles. The van der Waals surface area contributed by atoms with Crippen molar-refractivity contribution in [3.63, 3.8) is 0 Å². The molecule has 3 N–H and O–H groups in total. The molecule has 2 rings (SSSR count). The first-order valence-electron chi connectivity index (χ1n) is 7.30. The maximum atomic E-state index is 11.9. The molecule has 116 valence electrons. The second kappa shape index (κ2) is 7.16. The van der Waals surface area contributed by atoms with Gasteiger partial charge in [0, 0.05) is 32.1 Å². The highest BCUT2D eigenvalue weighted by Gasteiger charge is 2.21. The van der Waals surface area contributed by atoms with E-state index in [0.717, 1.165) is 19.5 Å². The smallest absolute Gasteiger partial charge is 0.273 e. The van der Waals surface area contributed by atoms with Crippen molar-refractivity contribution in [2.75, 3.05) is 19.6 Å². The lowest BCUT2D eigenvalue weighted by atomic mass is 10.2. The number of nitrogens with zero attached hydrogens (tertiary/aromatic N) is 3. The molecule has 8 heteroatoms. The van der Waals surface area contributed by atoms with Crippen LogP contribution in [-0.2, 0) is 4.79 Å². The lowest BCUT2D eigenvalue weighted by Crippen LogP contribution is -2.43. The molecule has 0 bridgehead atoms. The van der Waals surface area contributed by atoms with Crippen LogP contribution < -0.4 is 16.0 Å². The summed E-state index contributed by atoms with van der Waals surface area (Å²) >= 11 is 0. The molecule has 0 saturated carbocycles. The Morgan fingerprint density at radius 1 is 1.52 bits per heavy atom. The van der Waals surface area contributed by atoms with Crippen LogP contribution in [0.4, 0.5) is 0 Å². The third-order valence-electron chi connectivity index (χ3n) is 3.53. The molecule has 0 spiro atoms. The van der Waals surface area contributed by atoms with E-state index in [1.165, 1.54) is 0 Å². The van der Waals surface area contributed by atoms with E-state index in [1.807, 2.05) is 13.8 Å². The van der Waals surface area contributed by atoms with Crippen LogP contribution in [0.1, 0.15) is 43.2 Å². The van der Waals surface area contributed by atoms with Gasteiger partial charge in [-0.1, -0.05) is 12.1 Å². The number of nitrogens with one attached hydrogen (secondary N) is 3. The predicted molar refractivity (Wildman–Crippen MR) is 76.8 cm³/mol. The summed E-state index contributed by atoms with van der Waals surface area (Å²) in [7, 11) is 0. The molecule has 0 radical (unpaired) electrons. The average molecular weight is 294 g/mol. The molecule has 1 atom stereocenters. The summed E-state index contributed by atoms with van der Waals surface area (Å²) < 4.78 is 1.70. The van der Waals surface area contributed by atoms with E-state index in [1.54, 1.807) is 10.9 Å². The zero-order valence-corrected chi connectivity index (χ0v) is 12.4. The van der Waals surface area contributed by atoms with Crippen molar-refractivity contribution in [1.82, 2.24) is 30.9 Å². The Morgan fingerprint density at radius 3 is 2.90 bits per heavy atom. The van der Waals surface area contributed by atoms with Gasteiger partial charge >= 0.3 is 0 Å². The predicted octanol–water partition coefficient (Wildman–Crippen LogP) is -0.543. The molecule has 1 unspecified atom stereocenters. The van der Waals surface area contributed by atoms with Crippen molar-refractivity contribution in [3.05, 3.63) is 11.9 Å². The molecule has 1 aliphatic rings. The van der Waals surface area contributed by atoms with E-state index in [4.69, 9.17) is 0 Å². The van der Waals surface area contributed by atoms with Crippen molar-refractivity contribution in [2.45, 2.75) is 38.8 Å². The number of amides is 2. The van der Waals surface area contributed by atoms with Gasteiger partial charge in [-0.25, -0.2) is 4.68 Å². The highest BCUT2D eigenvalue weighted by atomic mass is 16.2. The number of aromatic nitrogens is 3. The molecule has 1 aliphatic heterocycles. The van der Waals surface area contributed by atoms with E-state index in [2.05, 4.69) is 26.3 Å². The van der Waals surface area contributed by atoms with Gasteiger partial charge in [0.2, 0.25) is 5.91 Å². The number of carbonyl (C=O) groups is 2. The van der Waals surface area contributed by atoms with Gasteiger partial charge in [-0.15, -0.1) is 5.10 Å². The Balaban J connectivity index is 1.71. The number of hydrogen-bond acceptors (Lipinski definition) is 5. The average Bonchev–Trinajstić information content (AvgIpc) is 2.85. The third-order valence-corrected chi connectivity index (χ3v) is 3.53. The fraction of sp³-hybridized carbons (Fsp3) is 0.692. The molecule has 8 nitrogen and oxygen atoms in total. The van der Waals surface area contributed by atoms with Crippen LogP contribution in [0.15, 0.2) is 6.20 Å². The summed E-state index contributed by atoms with van der Waals surface area (Å²) in [5.41, 5.74) is 0.282. The van der Waals surface area contributed by atoms with Crippen LogP contribution >= 0.6 is 0 Å². The van der Waals surface area contributed by atoms with Gasteiger partial charge in [0.25, 0.3) is 5.91 Å². The first-order valence-corrected chi connectivity index (χ1v) is 7.30. The molecule has 2 amide bonds. The summed E-state index contributed by atoms with van der Waals surface area (Å²) in [5.74, 6) is -0.362. The molecule has 1 aromatic heterocycles. The van der Waals surface area contributed by atoms with Crippen LogP contribution in [0.5, 0.6) is 0 Å². The SMILES string of the molecule is CCC(C)NC(=O)CCNC(=O)c1cn(C2CNC2)nn1. The van der Waals surface area contributed by atoms with Crippen molar-refractivity contribution in [3.8, 4) is 0 Å². The lowest BCUT2D eigenvalue weighted by Gasteiger charge is -2.26. The van der Waals surface area contributed by atoms with Gasteiger partial charge in [-0.2, -0.15) is 0 Å². The summed E-state index contributed by atoms with van der Waals surface area (Å²) in [6.07, 6.45) is 2.79. The van der Waals surface area contributed by atoms with E-state index < -0.39 is 0 Å². The lowest BCUT2D eigenvalue weighted by molar-refractivity contribution is -0.121. The fourth-order valence-electron chi connectivity index (χ4n) is 1.85. The van der Waals surface area contributed by atoms with Crippen LogP contribution in [0.25, 0.3) is 0 Å². The first kappa shape index (κ1) is 15.4. The molecular weight excluding hydrogens is 272 g/mol. The van der Waals surface area contributed by atoms with E-state index in [-0.39, 0.29) is 36.0 Å². The second-order valence-electron chi connectivity index (χ2n) is 5.28. The number of rotatable bonds is 7. The highest BCUT2D eigenvalue weighted by Crippen LogP contribution is 2.09. The molecule has 1 saturated heterocycles. The summed E-state index contributed by atoms with van der Waals surface area (Å²) in [6.45, 7) is 5.94. The zero-order valence-electron chi connectivity index (χ0n) is 12.4. The summed E-state index contributed by atoms with van der Waals surface area (Å²) in [4.78, 5) is 23.4. The first-order chi connectivity index (χ1) is 10.1. The summed E-state index contributed by atoms with van der Waals surface area (Å²) in [5, 5.41) is 16.4. The van der Waals surface area contributed by atoms with Gasteiger partial charge in [0.1, 0.15) is 0 Å². The Bertz CT molecular complexity index is 497. The monoisotopic (exact) mass is 294 g/mol. The molecule has 0 aliphatic carbocycles.